The standard InChI is InChI=1S/C20H16Cl2N4S2/c1-2-26-18(13-6-5-7-14(21)10-13)24-25-20(26)28-12-15-11-27-19(23-15)16-8-3-4-9-17(16)22/h3-11H,2,12H2,1H3. The molecule has 0 aliphatic carbocycles. The van der Waals surface area contributed by atoms with E-state index in [1.165, 1.54) is 0 Å². The Morgan fingerprint density at radius 2 is 1.93 bits per heavy atom. The van der Waals surface area contributed by atoms with Gasteiger partial charge in [-0.3, -0.25) is 0 Å². The fourth-order valence-corrected chi connectivity index (χ4v) is 5.12. The van der Waals surface area contributed by atoms with E-state index in [0.29, 0.717) is 15.8 Å². The van der Waals surface area contributed by atoms with Gasteiger partial charge in [-0.2, -0.15) is 0 Å². The second-order valence-electron chi connectivity index (χ2n) is 5.97. The van der Waals surface area contributed by atoms with Crippen LogP contribution in [-0.4, -0.2) is 19.7 Å². The van der Waals surface area contributed by atoms with Gasteiger partial charge in [-0.05, 0) is 25.1 Å². The van der Waals surface area contributed by atoms with Crippen molar-refractivity contribution in [3.05, 3.63) is 69.7 Å². The monoisotopic (exact) mass is 446 g/mol. The zero-order chi connectivity index (χ0) is 19.5. The van der Waals surface area contributed by atoms with Gasteiger partial charge in [0, 0.05) is 33.8 Å². The summed E-state index contributed by atoms with van der Waals surface area (Å²) >= 11 is 15.6. The molecule has 4 nitrogen and oxygen atoms in total. The molecule has 4 aromatic rings. The molecule has 0 unspecified atom stereocenters. The highest BCUT2D eigenvalue weighted by Crippen LogP contribution is 2.32. The Morgan fingerprint density at radius 1 is 1.07 bits per heavy atom. The maximum absolute atomic E-state index is 6.28. The molecule has 0 saturated carbocycles. The Bertz CT molecular complexity index is 1110. The summed E-state index contributed by atoms with van der Waals surface area (Å²) in [6, 6.07) is 15.4. The minimum atomic E-state index is 0.687. The lowest BCUT2D eigenvalue weighted by Gasteiger charge is -2.07. The van der Waals surface area contributed by atoms with E-state index in [0.717, 1.165) is 39.4 Å². The van der Waals surface area contributed by atoms with Crippen LogP contribution in [-0.2, 0) is 12.3 Å². The lowest BCUT2D eigenvalue weighted by atomic mass is 10.2. The average molecular weight is 447 g/mol. The fourth-order valence-electron chi connectivity index (χ4n) is 2.79. The van der Waals surface area contributed by atoms with Gasteiger partial charge in [0.25, 0.3) is 0 Å². The highest BCUT2D eigenvalue weighted by Gasteiger charge is 2.15. The molecule has 0 amide bonds. The molecule has 0 spiro atoms. The van der Waals surface area contributed by atoms with E-state index >= 15 is 0 Å². The van der Waals surface area contributed by atoms with Gasteiger partial charge < -0.3 is 4.57 Å². The quantitative estimate of drug-likeness (QED) is 0.309. The van der Waals surface area contributed by atoms with Crippen molar-refractivity contribution in [3.8, 4) is 22.0 Å². The number of nitrogens with zero attached hydrogens (tertiary/aromatic N) is 4. The van der Waals surface area contributed by atoms with Crippen LogP contribution in [0.5, 0.6) is 0 Å². The Labute approximate surface area is 181 Å². The molecule has 8 heteroatoms. The highest BCUT2D eigenvalue weighted by molar-refractivity contribution is 7.98. The van der Waals surface area contributed by atoms with E-state index in [-0.39, 0.29) is 0 Å². The summed E-state index contributed by atoms with van der Waals surface area (Å²) in [5, 5.41) is 14.0. The predicted molar refractivity (Wildman–Crippen MR) is 118 cm³/mol. The number of rotatable bonds is 6. The third kappa shape index (κ3) is 4.10. The number of thioether (sulfide) groups is 1. The first-order valence-electron chi connectivity index (χ1n) is 8.67. The third-order valence-corrected chi connectivity index (χ3v) is 6.61. The molecule has 0 aliphatic heterocycles. The van der Waals surface area contributed by atoms with Crippen molar-refractivity contribution in [2.75, 3.05) is 0 Å². The number of thiazole rings is 1. The van der Waals surface area contributed by atoms with Crippen molar-refractivity contribution in [1.82, 2.24) is 19.7 Å². The number of aromatic nitrogens is 4. The first-order chi connectivity index (χ1) is 13.7. The molecule has 0 saturated heterocycles. The molecule has 4 rings (SSSR count). The minimum absolute atomic E-state index is 0.687. The Morgan fingerprint density at radius 3 is 2.71 bits per heavy atom. The molecule has 0 atom stereocenters. The highest BCUT2D eigenvalue weighted by atomic mass is 35.5. The molecule has 2 aromatic heterocycles. The summed E-state index contributed by atoms with van der Waals surface area (Å²) in [5.41, 5.74) is 2.92. The summed E-state index contributed by atoms with van der Waals surface area (Å²) in [6.07, 6.45) is 0. The molecule has 0 fully saturated rings. The Hall–Kier alpha value is -1.86. The largest absolute Gasteiger partial charge is 0.302 e. The minimum Gasteiger partial charge on any atom is -0.302 e. The van der Waals surface area contributed by atoms with Crippen LogP contribution in [0.15, 0.2) is 59.1 Å². The van der Waals surface area contributed by atoms with E-state index < -0.39 is 0 Å². The normalized spacial score (nSPS) is 11.1. The molecular weight excluding hydrogens is 431 g/mol. The van der Waals surface area contributed by atoms with Crippen molar-refractivity contribution in [1.29, 1.82) is 0 Å². The molecule has 0 radical (unpaired) electrons. The summed E-state index contributed by atoms with van der Waals surface area (Å²) in [5.74, 6) is 1.54. The van der Waals surface area contributed by atoms with Crippen LogP contribution in [0.1, 0.15) is 12.6 Å². The molecule has 0 N–H and O–H groups in total. The summed E-state index contributed by atoms with van der Waals surface area (Å²) in [6.45, 7) is 2.86. The van der Waals surface area contributed by atoms with Crippen molar-refractivity contribution in [2.45, 2.75) is 24.4 Å². The lowest BCUT2D eigenvalue weighted by Crippen LogP contribution is -2.00. The molecule has 0 aliphatic rings. The first kappa shape index (κ1) is 19.5. The van der Waals surface area contributed by atoms with Crippen LogP contribution in [0.25, 0.3) is 22.0 Å². The van der Waals surface area contributed by atoms with Gasteiger partial charge in [0.05, 0.1) is 10.7 Å². The van der Waals surface area contributed by atoms with Crippen LogP contribution < -0.4 is 0 Å². The van der Waals surface area contributed by atoms with E-state index in [2.05, 4.69) is 27.1 Å². The SMILES string of the molecule is CCn1c(SCc2csc(-c3ccccc3Cl)n2)nnc1-c1cccc(Cl)c1. The second kappa shape index (κ2) is 8.66. The molecular formula is C20H16Cl2N4S2. The van der Waals surface area contributed by atoms with Crippen LogP contribution in [0.2, 0.25) is 10.0 Å². The van der Waals surface area contributed by atoms with Crippen molar-refractivity contribution >= 4 is 46.3 Å². The molecule has 2 aromatic carbocycles. The predicted octanol–water partition coefficient (Wildman–Crippen LogP) is 6.69. The Balaban J connectivity index is 1.52. The van der Waals surface area contributed by atoms with E-state index in [4.69, 9.17) is 28.2 Å². The lowest BCUT2D eigenvalue weighted by molar-refractivity contribution is 0.687. The van der Waals surface area contributed by atoms with E-state index in [1.54, 1.807) is 23.1 Å². The fraction of sp³-hybridized carbons (Fsp3) is 0.150. The Kier molecular flexibility index (Phi) is 6.01. The second-order valence-corrected chi connectivity index (χ2v) is 8.62. The van der Waals surface area contributed by atoms with E-state index in [1.807, 2.05) is 48.5 Å². The van der Waals surface area contributed by atoms with Crippen molar-refractivity contribution in [3.63, 3.8) is 0 Å². The number of halogens is 2. The number of hydrogen-bond donors (Lipinski definition) is 0. The third-order valence-electron chi connectivity index (χ3n) is 4.12. The maximum atomic E-state index is 6.28. The summed E-state index contributed by atoms with van der Waals surface area (Å²) in [7, 11) is 0. The van der Waals surface area contributed by atoms with Gasteiger partial charge in [0.15, 0.2) is 11.0 Å². The van der Waals surface area contributed by atoms with Crippen LogP contribution in [0.4, 0.5) is 0 Å². The van der Waals surface area contributed by atoms with Gasteiger partial charge in [0.1, 0.15) is 5.01 Å². The zero-order valence-corrected chi connectivity index (χ0v) is 18.1. The van der Waals surface area contributed by atoms with Gasteiger partial charge in [-0.15, -0.1) is 21.5 Å². The number of hydrogen-bond acceptors (Lipinski definition) is 5. The van der Waals surface area contributed by atoms with Gasteiger partial charge in [-0.25, -0.2) is 4.98 Å². The molecule has 142 valence electrons. The van der Waals surface area contributed by atoms with Crippen molar-refractivity contribution < 1.29 is 0 Å². The summed E-state index contributed by atoms with van der Waals surface area (Å²) in [4.78, 5) is 4.73. The van der Waals surface area contributed by atoms with Crippen LogP contribution in [0, 0.1) is 0 Å². The smallest absolute Gasteiger partial charge is 0.191 e. The number of benzene rings is 2. The topological polar surface area (TPSA) is 43.6 Å². The zero-order valence-electron chi connectivity index (χ0n) is 15.0. The molecule has 28 heavy (non-hydrogen) atoms. The average Bonchev–Trinajstić information content (AvgIpc) is 3.33. The van der Waals surface area contributed by atoms with Gasteiger partial charge in [-0.1, -0.05) is 65.3 Å². The van der Waals surface area contributed by atoms with Gasteiger partial charge >= 0.3 is 0 Å². The van der Waals surface area contributed by atoms with Gasteiger partial charge in [0.2, 0.25) is 0 Å². The van der Waals surface area contributed by atoms with Crippen molar-refractivity contribution in [2.24, 2.45) is 0 Å². The van der Waals surface area contributed by atoms with Crippen LogP contribution >= 0.6 is 46.3 Å². The molecule has 0 bridgehead atoms. The maximum Gasteiger partial charge on any atom is 0.191 e. The molecule has 2 heterocycles. The van der Waals surface area contributed by atoms with E-state index in [9.17, 15) is 0 Å². The summed E-state index contributed by atoms with van der Waals surface area (Å²) < 4.78 is 2.09. The first-order valence-corrected chi connectivity index (χ1v) is 11.3. The van der Waals surface area contributed by atoms with Crippen LogP contribution in [0.3, 0.4) is 0 Å².